The minimum absolute atomic E-state index is 0.0216. The number of rotatable bonds is 4. The molecule has 1 saturated carbocycles. The van der Waals surface area contributed by atoms with Gasteiger partial charge in [-0.3, -0.25) is 0 Å². The highest BCUT2D eigenvalue weighted by molar-refractivity contribution is 5.70. The Morgan fingerprint density at radius 2 is 2.00 bits per heavy atom. The molecule has 0 aromatic heterocycles. The minimum atomic E-state index is -0.0216. The number of carbonyl (C=O) groups excluding carboxylic acids is 1. The fourth-order valence-electron chi connectivity index (χ4n) is 3.50. The Bertz CT molecular complexity index is 313. The summed E-state index contributed by atoms with van der Waals surface area (Å²) in [7, 11) is 0. The molecule has 0 spiro atoms. The highest BCUT2D eigenvalue weighted by Gasteiger charge is 2.34. The monoisotopic (exact) mass is 284 g/mol. The van der Waals surface area contributed by atoms with E-state index in [2.05, 4.69) is 20.8 Å². The van der Waals surface area contributed by atoms with Gasteiger partial charge < -0.3 is 14.4 Å². The van der Waals surface area contributed by atoms with Gasteiger partial charge in [0.2, 0.25) is 0 Å². The number of quaternary nitrogens is 1. The number of carbonyl (C=O) groups is 1. The van der Waals surface area contributed by atoms with Crippen molar-refractivity contribution < 1.29 is 19.2 Å². The second-order valence-electron chi connectivity index (χ2n) is 6.89. The van der Waals surface area contributed by atoms with Gasteiger partial charge in [-0.05, 0) is 30.6 Å². The number of nitrogens with one attached hydrogen (secondary N) is 1. The van der Waals surface area contributed by atoms with Crippen LogP contribution in [0.1, 0.15) is 40.0 Å². The van der Waals surface area contributed by atoms with Crippen LogP contribution in [0, 0.1) is 17.8 Å². The third-order valence-corrected chi connectivity index (χ3v) is 4.84. The molecule has 1 N–H and O–H groups in total. The van der Waals surface area contributed by atoms with Crippen molar-refractivity contribution in [1.29, 1.82) is 0 Å². The molecule has 1 aliphatic heterocycles. The SMILES string of the molecule is CC(C)[C@H]1CC[C@@H](C)C[C@H]1OC(=O)C[NH+]1CCOCC1. The number of hydrogen-bond donors (Lipinski definition) is 1. The average Bonchev–Trinajstić information content (AvgIpc) is 2.39. The first-order valence-electron chi connectivity index (χ1n) is 8.17. The predicted octanol–water partition coefficient (Wildman–Crippen LogP) is 0.906. The molecule has 2 rings (SSSR count). The van der Waals surface area contributed by atoms with Crippen molar-refractivity contribution in [2.24, 2.45) is 17.8 Å². The third kappa shape index (κ3) is 4.45. The first kappa shape index (κ1) is 15.8. The first-order valence-corrected chi connectivity index (χ1v) is 8.17. The van der Waals surface area contributed by atoms with Crippen molar-refractivity contribution in [2.75, 3.05) is 32.8 Å². The Morgan fingerprint density at radius 1 is 1.30 bits per heavy atom. The minimum Gasteiger partial charge on any atom is -0.458 e. The lowest BCUT2D eigenvalue weighted by atomic mass is 9.75. The quantitative estimate of drug-likeness (QED) is 0.780. The van der Waals surface area contributed by atoms with Crippen LogP contribution >= 0.6 is 0 Å². The van der Waals surface area contributed by atoms with Crippen LogP contribution in [-0.2, 0) is 14.3 Å². The predicted molar refractivity (Wildman–Crippen MR) is 77.6 cm³/mol. The van der Waals surface area contributed by atoms with Gasteiger partial charge in [-0.15, -0.1) is 0 Å². The topological polar surface area (TPSA) is 40.0 Å². The Labute approximate surface area is 122 Å². The van der Waals surface area contributed by atoms with Gasteiger partial charge >= 0.3 is 5.97 Å². The fraction of sp³-hybridized carbons (Fsp3) is 0.938. The van der Waals surface area contributed by atoms with Crippen molar-refractivity contribution in [3.63, 3.8) is 0 Å². The summed E-state index contributed by atoms with van der Waals surface area (Å²) < 4.78 is 11.2. The lowest BCUT2D eigenvalue weighted by Gasteiger charge is -2.36. The zero-order chi connectivity index (χ0) is 14.5. The van der Waals surface area contributed by atoms with Gasteiger partial charge in [-0.1, -0.05) is 27.2 Å². The van der Waals surface area contributed by atoms with Gasteiger partial charge in [0.15, 0.2) is 6.54 Å². The van der Waals surface area contributed by atoms with E-state index in [0.717, 1.165) is 32.7 Å². The van der Waals surface area contributed by atoms with E-state index in [1.54, 1.807) is 0 Å². The normalized spacial score (nSPS) is 32.3. The smallest absolute Gasteiger partial charge is 0.361 e. The summed E-state index contributed by atoms with van der Waals surface area (Å²) in [5.41, 5.74) is 0. The lowest BCUT2D eigenvalue weighted by molar-refractivity contribution is -0.900. The molecule has 0 amide bonds. The van der Waals surface area contributed by atoms with Crippen LogP contribution in [0.5, 0.6) is 0 Å². The maximum absolute atomic E-state index is 12.2. The van der Waals surface area contributed by atoms with Crippen LogP contribution in [-0.4, -0.2) is 44.9 Å². The largest absolute Gasteiger partial charge is 0.458 e. The van der Waals surface area contributed by atoms with Gasteiger partial charge in [-0.2, -0.15) is 0 Å². The molecule has 0 bridgehead atoms. The van der Waals surface area contributed by atoms with Crippen molar-refractivity contribution in [2.45, 2.75) is 46.1 Å². The molecule has 2 fully saturated rings. The van der Waals surface area contributed by atoms with Crippen LogP contribution < -0.4 is 4.90 Å². The molecule has 3 atom stereocenters. The molecule has 1 saturated heterocycles. The van der Waals surface area contributed by atoms with Crippen LogP contribution in [0.2, 0.25) is 0 Å². The second-order valence-corrected chi connectivity index (χ2v) is 6.89. The van der Waals surface area contributed by atoms with Crippen LogP contribution in [0.25, 0.3) is 0 Å². The highest BCUT2D eigenvalue weighted by atomic mass is 16.5. The summed E-state index contributed by atoms with van der Waals surface area (Å²) in [4.78, 5) is 13.5. The molecule has 1 aliphatic carbocycles. The molecule has 4 nitrogen and oxygen atoms in total. The zero-order valence-corrected chi connectivity index (χ0v) is 13.2. The number of esters is 1. The lowest BCUT2D eigenvalue weighted by Crippen LogP contribution is -3.15. The van der Waals surface area contributed by atoms with Gasteiger partial charge in [0.05, 0.1) is 13.2 Å². The Hall–Kier alpha value is -0.610. The van der Waals surface area contributed by atoms with E-state index in [1.165, 1.54) is 17.7 Å². The van der Waals surface area contributed by atoms with E-state index in [4.69, 9.17) is 9.47 Å². The third-order valence-electron chi connectivity index (χ3n) is 4.84. The molecule has 0 aromatic carbocycles. The van der Waals surface area contributed by atoms with E-state index in [9.17, 15) is 4.79 Å². The van der Waals surface area contributed by atoms with E-state index < -0.39 is 0 Å². The van der Waals surface area contributed by atoms with Gasteiger partial charge in [-0.25, -0.2) is 4.79 Å². The summed E-state index contributed by atoms with van der Waals surface area (Å²) in [6, 6.07) is 0. The van der Waals surface area contributed by atoms with E-state index in [1.807, 2.05) is 0 Å². The molecular formula is C16H30NO3+. The van der Waals surface area contributed by atoms with Gasteiger partial charge in [0.25, 0.3) is 0 Å². The molecule has 20 heavy (non-hydrogen) atoms. The Morgan fingerprint density at radius 3 is 2.65 bits per heavy atom. The van der Waals surface area contributed by atoms with E-state index >= 15 is 0 Å². The Kier molecular flexibility index (Phi) is 5.85. The van der Waals surface area contributed by atoms with Crippen molar-refractivity contribution in [1.82, 2.24) is 0 Å². The van der Waals surface area contributed by atoms with Crippen molar-refractivity contribution >= 4 is 5.97 Å². The maximum Gasteiger partial charge on any atom is 0.361 e. The summed E-state index contributed by atoms with van der Waals surface area (Å²) in [5, 5.41) is 0. The number of ether oxygens (including phenoxy) is 2. The molecule has 0 aromatic rings. The van der Waals surface area contributed by atoms with E-state index in [-0.39, 0.29) is 12.1 Å². The van der Waals surface area contributed by atoms with Crippen LogP contribution in [0.3, 0.4) is 0 Å². The summed E-state index contributed by atoms with van der Waals surface area (Å²) in [6.45, 7) is 10.6. The number of hydrogen-bond acceptors (Lipinski definition) is 3. The van der Waals surface area contributed by atoms with Crippen LogP contribution in [0.4, 0.5) is 0 Å². The van der Waals surface area contributed by atoms with Crippen LogP contribution in [0.15, 0.2) is 0 Å². The van der Waals surface area contributed by atoms with Crippen molar-refractivity contribution in [3.8, 4) is 0 Å². The summed E-state index contributed by atoms with van der Waals surface area (Å²) >= 11 is 0. The fourth-order valence-corrected chi connectivity index (χ4v) is 3.50. The summed E-state index contributed by atoms with van der Waals surface area (Å²) in [6.07, 6.45) is 3.63. The zero-order valence-electron chi connectivity index (χ0n) is 13.2. The summed E-state index contributed by atoms with van der Waals surface area (Å²) in [5.74, 6) is 1.79. The Balaban J connectivity index is 1.83. The highest BCUT2D eigenvalue weighted by Crippen LogP contribution is 2.35. The van der Waals surface area contributed by atoms with Gasteiger partial charge in [0, 0.05) is 0 Å². The molecule has 2 aliphatic rings. The first-order chi connectivity index (χ1) is 9.56. The average molecular weight is 284 g/mol. The van der Waals surface area contributed by atoms with Crippen molar-refractivity contribution in [3.05, 3.63) is 0 Å². The second kappa shape index (κ2) is 7.41. The van der Waals surface area contributed by atoms with Gasteiger partial charge in [0.1, 0.15) is 19.2 Å². The molecule has 4 heteroatoms. The molecule has 0 unspecified atom stereocenters. The standard InChI is InChI=1S/C16H29NO3/c1-12(2)14-5-4-13(3)10-15(14)20-16(18)11-17-6-8-19-9-7-17/h12-15H,4-11H2,1-3H3/p+1/t13-,14-,15-/m1/s1. The van der Waals surface area contributed by atoms with E-state index in [0.29, 0.717) is 24.3 Å². The molecule has 116 valence electrons. The molecular weight excluding hydrogens is 254 g/mol. The molecule has 1 heterocycles. The maximum atomic E-state index is 12.2. The molecule has 0 radical (unpaired) electrons. The number of morpholine rings is 1.